The van der Waals surface area contributed by atoms with Crippen LogP contribution in [0.25, 0.3) is 0 Å². The van der Waals surface area contributed by atoms with Crippen molar-refractivity contribution in [3.63, 3.8) is 0 Å². The Morgan fingerprint density at radius 2 is 1.94 bits per heavy atom. The Morgan fingerprint density at radius 3 is 2.33 bits per heavy atom. The van der Waals surface area contributed by atoms with Gasteiger partial charge in [-0.1, -0.05) is 0 Å². The van der Waals surface area contributed by atoms with Crippen molar-refractivity contribution in [2.24, 2.45) is 0 Å². The van der Waals surface area contributed by atoms with Gasteiger partial charge in [0, 0.05) is 20.3 Å². The summed E-state index contributed by atoms with van der Waals surface area (Å²) in [5.74, 6) is 0.222. The molecule has 0 saturated heterocycles. The predicted octanol–water partition coefficient (Wildman–Crippen LogP) is -0.0206. The maximum atomic E-state index is 10.7. The Morgan fingerprint density at radius 1 is 1.33 bits per heavy atom. The molecule has 18 heavy (non-hydrogen) atoms. The Labute approximate surface area is 108 Å². The zero-order valence-electron chi connectivity index (χ0n) is 10.4. The van der Waals surface area contributed by atoms with E-state index in [4.69, 9.17) is 0 Å². The number of hydrogen-bond donors (Lipinski definition) is 2. The molecule has 0 unspecified atom stereocenters. The van der Waals surface area contributed by atoms with Gasteiger partial charge in [-0.15, -0.1) is 11.8 Å². The van der Waals surface area contributed by atoms with E-state index < -0.39 is 11.2 Å². The third-order valence-corrected chi connectivity index (χ3v) is 2.54. The van der Waals surface area contributed by atoms with Crippen LogP contribution in [0.1, 0.15) is 6.92 Å². The molecule has 0 fully saturated rings. The first-order chi connectivity index (χ1) is 8.53. The van der Waals surface area contributed by atoms with Gasteiger partial charge < -0.3 is 19.3 Å². The number of ether oxygens (including phenoxy) is 2. The number of carbonyl (C=O) groups excluding carboxylic acids is 1. The monoisotopic (exact) mass is 276 g/mol. The first-order valence-corrected chi connectivity index (χ1v) is 5.97. The summed E-state index contributed by atoms with van der Waals surface area (Å²) < 4.78 is 9.35. The molecule has 0 radical (unpaired) electrons. The fourth-order valence-corrected chi connectivity index (χ4v) is 1.35. The summed E-state index contributed by atoms with van der Waals surface area (Å²) in [6, 6.07) is 1.23. The zero-order chi connectivity index (χ0) is 14.0. The average Bonchev–Trinajstić information content (AvgIpc) is 2.35. The lowest BCUT2D eigenvalue weighted by molar-refractivity contribution is -0.105. The number of thioether (sulfide) groups is 1. The van der Waals surface area contributed by atoms with Gasteiger partial charge in [0.1, 0.15) is 6.29 Å². The number of hydrogen-bond acceptors (Lipinski definition) is 6. The normalized spacial score (nSPS) is 9.78. The fourth-order valence-electron chi connectivity index (χ4n) is 0.744. The maximum absolute atomic E-state index is 10.7. The largest absolute Gasteiger partial charge is 0.356 e. The van der Waals surface area contributed by atoms with E-state index in [0.29, 0.717) is 11.3 Å². The van der Waals surface area contributed by atoms with Gasteiger partial charge in [0.2, 0.25) is 0 Å². The molecule has 0 bridgehead atoms. The van der Waals surface area contributed by atoms with Crippen LogP contribution in [0.4, 0.5) is 0 Å². The molecule has 0 aromatic carbocycles. The molecule has 1 rings (SSSR count). The zero-order valence-corrected chi connectivity index (χ0v) is 11.2. The van der Waals surface area contributed by atoms with Crippen molar-refractivity contribution >= 4 is 18.0 Å². The Bertz CT molecular complexity index is 424. The molecule has 0 spiro atoms. The molecule has 1 aromatic heterocycles. The Balaban J connectivity index is 0.000000411. The number of carbonyl (C=O) groups is 1. The molecule has 102 valence electrons. The van der Waals surface area contributed by atoms with Gasteiger partial charge >= 0.3 is 5.69 Å². The first-order valence-electron chi connectivity index (χ1n) is 4.99. The van der Waals surface area contributed by atoms with Gasteiger partial charge in [-0.3, -0.25) is 9.78 Å². The molecular formula is C10H16N2O5S. The van der Waals surface area contributed by atoms with Gasteiger partial charge in [0.25, 0.3) is 5.56 Å². The third-order valence-electron chi connectivity index (χ3n) is 1.71. The van der Waals surface area contributed by atoms with E-state index in [0.717, 1.165) is 11.8 Å². The number of H-pyrrole nitrogens is 2. The van der Waals surface area contributed by atoms with Crippen molar-refractivity contribution in [3.8, 4) is 0 Å². The van der Waals surface area contributed by atoms with E-state index in [9.17, 15) is 14.4 Å². The summed E-state index contributed by atoms with van der Waals surface area (Å²) >= 11 is 1.11. The van der Waals surface area contributed by atoms with Gasteiger partial charge in [0.15, 0.2) is 6.29 Å². The molecule has 0 atom stereocenters. The lowest BCUT2D eigenvalue weighted by atomic mass is 10.7. The average molecular weight is 276 g/mol. The number of nitrogens with one attached hydrogen (secondary N) is 2. The Kier molecular flexibility index (Phi) is 8.89. The van der Waals surface area contributed by atoms with Crippen LogP contribution in [0, 0.1) is 0 Å². The predicted molar refractivity (Wildman–Crippen MR) is 68.0 cm³/mol. The number of rotatable bonds is 5. The number of aromatic nitrogens is 2. The van der Waals surface area contributed by atoms with Crippen LogP contribution in [0.15, 0.2) is 20.7 Å². The van der Waals surface area contributed by atoms with E-state index in [1.54, 1.807) is 14.2 Å². The van der Waals surface area contributed by atoms with Crippen molar-refractivity contribution in [2.45, 2.75) is 18.2 Å². The van der Waals surface area contributed by atoms with Crippen molar-refractivity contribution in [2.75, 3.05) is 20.0 Å². The molecule has 0 aliphatic carbocycles. The second-order valence-electron chi connectivity index (χ2n) is 2.97. The van der Waals surface area contributed by atoms with Gasteiger partial charge in [-0.05, 0) is 6.92 Å². The second kappa shape index (κ2) is 9.63. The minimum absolute atomic E-state index is 0.0648. The fraction of sp³-hybridized carbons (Fsp3) is 0.500. The summed E-state index contributed by atoms with van der Waals surface area (Å²) in [6.45, 7) is 1.83. The molecule has 1 heterocycles. The van der Waals surface area contributed by atoms with Crippen LogP contribution in [-0.4, -0.2) is 42.5 Å². The highest BCUT2D eigenvalue weighted by atomic mass is 32.2. The van der Waals surface area contributed by atoms with Gasteiger partial charge in [-0.25, -0.2) is 4.79 Å². The number of aldehydes is 1. The molecule has 0 amide bonds. The summed E-state index contributed by atoms with van der Waals surface area (Å²) in [5.41, 5.74) is -1.02. The quantitative estimate of drug-likeness (QED) is 0.339. The van der Waals surface area contributed by atoms with E-state index in [1.165, 1.54) is 6.07 Å². The lowest BCUT2D eigenvalue weighted by Gasteiger charge is -2.03. The third kappa shape index (κ3) is 7.82. The number of methoxy groups -OCH3 is 2. The molecule has 2 N–H and O–H groups in total. The minimum atomic E-state index is -0.559. The summed E-state index contributed by atoms with van der Waals surface area (Å²) in [4.78, 5) is 35.7. The molecular weight excluding hydrogens is 260 g/mol. The number of aromatic amines is 2. The maximum Gasteiger partial charge on any atom is 0.326 e. The van der Waals surface area contributed by atoms with E-state index in [-0.39, 0.29) is 12.0 Å². The van der Waals surface area contributed by atoms with Gasteiger partial charge in [-0.2, -0.15) is 0 Å². The highest BCUT2D eigenvalue weighted by molar-refractivity contribution is 7.99. The van der Waals surface area contributed by atoms with Crippen LogP contribution in [0.2, 0.25) is 0 Å². The van der Waals surface area contributed by atoms with Crippen LogP contribution in [0.5, 0.6) is 0 Å². The molecule has 0 saturated carbocycles. The Hall–Kier alpha value is -1.38. The van der Waals surface area contributed by atoms with Crippen LogP contribution in [0.3, 0.4) is 0 Å². The minimum Gasteiger partial charge on any atom is -0.356 e. The highest BCUT2D eigenvalue weighted by Crippen LogP contribution is 2.08. The van der Waals surface area contributed by atoms with E-state index >= 15 is 0 Å². The topological polar surface area (TPSA) is 101 Å². The molecule has 1 aromatic rings. The van der Waals surface area contributed by atoms with Crippen molar-refractivity contribution in [1.29, 1.82) is 0 Å². The van der Waals surface area contributed by atoms with Crippen LogP contribution < -0.4 is 11.2 Å². The van der Waals surface area contributed by atoms with Crippen molar-refractivity contribution in [3.05, 3.63) is 26.9 Å². The van der Waals surface area contributed by atoms with E-state index in [2.05, 4.69) is 14.5 Å². The summed E-state index contributed by atoms with van der Waals surface area (Å²) in [6.07, 6.45) is 0.634. The van der Waals surface area contributed by atoms with E-state index in [1.807, 2.05) is 11.9 Å². The molecule has 8 heteroatoms. The smallest absolute Gasteiger partial charge is 0.326 e. The SMILES string of the molecule is COC(C)OC.O=CCSc1cc(=O)[nH]c(=O)[nH]1. The van der Waals surface area contributed by atoms with Gasteiger partial charge in [0.05, 0.1) is 10.8 Å². The highest BCUT2D eigenvalue weighted by Gasteiger charge is 1.95. The first kappa shape index (κ1) is 16.6. The van der Waals surface area contributed by atoms with Crippen LogP contribution in [-0.2, 0) is 14.3 Å². The van der Waals surface area contributed by atoms with Crippen molar-refractivity contribution in [1.82, 2.24) is 9.97 Å². The summed E-state index contributed by atoms with van der Waals surface area (Å²) in [7, 11) is 3.21. The van der Waals surface area contributed by atoms with Crippen molar-refractivity contribution < 1.29 is 14.3 Å². The second-order valence-corrected chi connectivity index (χ2v) is 4.03. The molecule has 0 aliphatic heterocycles. The van der Waals surface area contributed by atoms with Crippen LogP contribution >= 0.6 is 11.8 Å². The molecule has 0 aliphatic rings. The standard InChI is InChI=1S/C6H6N2O3S.C4H10O2/c9-1-2-12-5-3-4(10)7-6(11)8-5;1-4(5-2)6-3/h1,3H,2H2,(H2,7,8,10,11);4H,1-3H3. The summed E-state index contributed by atoms with van der Waals surface area (Å²) in [5, 5.41) is 0.399. The lowest BCUT2D eigenvalue weighted by Crippen LogP contribution is -2.21. The molecule has 7 nitrogen and oxygen atoms in total.